The number of hydrogen-bond acceptors (Lipinski definition) is 1. The van der Waals surface area contributed by atoms with Gasteiger partial charge in [-0.25, -0.2) is 8.78 Å². The Labute approximate surface area is 79.5 Å². The Morgan fingerprint density at radius 3 is 2.50 bits per heavy atom. The fraction of sp³-hybridized carbons (Fsp3) is 0.100. The fourth-order valence-electron chi connectivity index (χ4n) is 1.00. The molecule has 0 heterocycles. The van der Waals surface area contributed by atoms with Crippen LogP contribution in [0, 0.1) is 11.6 Å². The van der Waals surface area contributed by atoms with Gasteiger partial charge in [0, 0.05) is 0 Å². The Morgan fingerprint density at radius 1 is 1.36 bits per heavy atom. The number of carbonyl (C=O) groups is 1. The molecular formula is C10H8F2O2. The molecule has 2 nitrogen and oxygen atoms in total. The molecule has 4 heteroatoms. The van der Waals surface area contributed by atoms with E-state index < -0.39 is 17.6 Å². The van der Waals surface area contributed by atoms with Crippen molar-refractivity contribution < 1.29 is 18.7 Å². The fourth-order valence-corrected chi connectivity index (χ4v) is 1.00. The first-order chi connectivity index (χ1) is 6.50. The third-order valence-corrected chi connectivity index (χ3v) is 1.69. The maximum Gasteiger partial charge on any atom is 0.307 e. The minimum atomic E-state index is -1.06. The van der Waals surface area contributed by atoms with Crippen LogP contribution in [0.15, 0.2) is 24.8 Å². The van der Waals surface area contributed by atoms with Crippen molar-refractivity contribution in [1.29, 1.82) is 0 Å². The van der Waals surface area contributed by atoms with Crippen molar-refractivity contribution in [2.45, 2.75) is 6.42 Å². The number of benzene rings is 1. The van der Waals surface area contributed by atoms with Gasteiger partial charge in [-0.1, -0.05) is 12.6 Å². The molecule has 0 radical (unpaired) electrons. The normalized spacial score (nSPS) is 9.86. The zero-order chi connectivity index (χ0) is 10.7. The molecule has 74 valence electrons. The maximum absolute atomic E-state index is 12.7. The molecule has 0 unspecified atom stereocenters. The van der Waals surface area contributed by atoms with E-state index in [1.165, 1.54) is 6.07 Å². The van der Waals surface area contributed by atoms with Crippen LogP contribution in [0.3, 0.4) is 0 Å². The van der Waals surface area contributed by atoms with Crippen LogP contribution in [0.5, 0.6) is 0 Å². The molecule has 0 atom stereocenters. The SMILES string of the molecule is C=C(CC(=O)O)c1ccc(F)c(F)c1. The van der Waals surface area contributed by atoms with E-state index in [9.17, 15) is 13.6 Å². The number of rotatable bonds is 3. The second kappa shape index (κ2) is 4.00. The Kier molecular flexibility index (Phi) is 2.96. The van der Waals surface area contributed by atoms with E-state index in [-0.39, 0.29) is 12.0 Å². The van der Waals surface area contributed by atoms with Gasteiger partial charge in [-0.15, -0.1) is 0 Å². The predicted molar refractivity (Wildman–Crippen MR) is 47.6 cm³/mol. The summed E-state index contributed by atoms with van der Waals surface area (Å²) in [5.41, 5.74) is 0.544. The van der Waals surface area contributed by atoms with Gasteiger partial charge < -0.3 is 5.11 Å². The van der Waals surface area contributed by atoms with Crippen molar-refractivity contribution in [3.05, 3.63) is 42.0 Å². The molecule has 0 spiro atoms. The first-order valence-corrected chi connectivity index (χ1v) is 3.85. The lowest BCUT2D eigenvalue weighted by atomic mass is 10.0. The first kappa shape index (κ1) is 10.4. The lowest BCUT2D eigenvalue weighted by Gasteiger charge is -2.02. The number of aliphatic carboxylic acids is 1. The van der Waals surface area contributed by atoms with E-state index in [1.54, 1.807) is 0 Å². The highest BCUT2D eigenvalue weighted by atomic mass is 19.2. The van der Waals surface area contributed by atoms with Gasteiger partial charge in [-0.2, -0.15) is 0 Å². The van der Waals surface area contributed by atoms with Crippen LogP contribution < -0.4 is 0 Å². The van der Waals surface area contributed by atoms with Crippen LogP contribution in [-0.4, -0.2) is 11.1 Å². The van der Waals surface area contributed by atoms with E-state index in [2.05, 4.69) is 6.58 Å². The Bertz CT molecular complexity index is 386. The number of halogens is 2. The van der Waals surface area contributed by atoms with Crippen LogP contribution in [0.2, 0.25) is 0 Å². The minimum Gasteiger partial charge on any atom is -0.481 e. The van der Waals surface area contributed by atoms with E-state index in [1.807, 2.05) is 0 Å². The van der Waals surface area contributed by atoms with E-state index in [0.717, 1.165) is 12.1 Å². The largest absolute Gasteiger partial charge is 0.481 e. The second-order valence-corrected chi connectivity index (χ2v) is 2.80. The molecule has 0 aliphatic heterocycles. The summed E-state index contributed by atoms with van der Waals surface area (Å²) in [4.78, 5) is 10.3. The first-order valence-electron chi connectivity index (χ1n) is 3.85. The van der Waals surface area contributed by atoms with Crippen molar-refractivity contribution in [3.8, 4) is 0 Å². The average Bonchev–Trinajstić information content (AvgIpc) is 2.08. The van der Waals surface area contributed by atoms with Crippen LogP contribution in [0.4, 0.5) is 8.78 Å². The molecule has 0 aromatic heterocycles. The summed E-state index contributed by atoms with van der Waals surface area (Å²) in [6.45, 7) is 3.47. The third kappa shape index (κ3) is 2.39. The molecule has 1 rings (SSSR count). The molecule has 0 saturated heterocycles. The monoisotopic (exact) mass is 198 g/mol. The number of hydrogen-bond donors (Lipinski definition) is 1. The van der Waals surface area contributed by atoms with Gasteiger partial charge in [0.05, 0.1) is 6.42 Å². The molecule has 0 amide bonds. The van der Waals surface area contributed by atoms with E-state index in [0.29, 0.717) is 5.56 Å². The Balaban J connectivity index is 2.91. The Morgan fingerprint density at radius 2 is 2.00 bits per heavy atom. The highest BCUT2D eigenvalue weighted by Crippen LogP contribution is 2.18. The van der Waals surface area contributed by atoms with Gasteiger partial charge >= 0.3 is 5.97 Å². The summed E-state index contributed by atoms with van der Waals surface area (Å²) in [5, 5.41) is 8.44. The predicted octanol–water partition coefficient (Wildman–Crippen LogP) is 2.45. The minimum absolute atomic E-state index is 0.247. The molecule has 1 aromatic rings. The standard InChI is InChI=1S/C10H8F2O2/c1-6(4-10(13)14)7-2-3-8(11)9(12)5-7/h2-3,5H,1,4H2,(H,13,14). The Hall–Kier alpha value is -1.71. The van der Waals surface area contributed by atoms with Crippen LogP contribution >= 0.6 is 0 Å². The van der Waals surface area contributed by atoms with Gasteiger partial charge in [-0.3, -0.25) is 4.79 Å². The highest BCUT2D eigenvalue weighted by molar-refractivity contribution is 5.82. The van der Waals surface area contributed by atoms with Gasteiger partial charge in [0.2, 0.25) is 0 Å². The highest BCUT2D eigenvalue weighted by Gasteiger charge is 2.07. The number of carboxylic acids is 1. The van der Waals surface area contributed by atoms with Gasteiger partial charge in [-0.05, 0) is 23.3 Å². The van der Waals surface area contributed by atoms with Gasteiger partial charge in [0.1, 0.15) is 0 Å². The van der Waals surface area contributed by atoms with Crippen molar-refractivity contribution in [1.82, 2.24) is 0 Å². The summed E-state index contributed by atoms with van der Waals surface area (Å²) in [5.74, 6) is -3.02. The van der Waals surface area contributed by atoms with Crippen molar-refractivity contribution in [2.75, 3.05) is 0 Å². The average molecular weight is 198 g/mol. The molecule has 14 heavy (non-hydrogen) atoms. The topological polar surface area (TPSA) is 37.3 Å². The molecule has 0 fully saturated rings. The quantitative estimate of drug-likeness (QED) is 0.809. The summed E-state index contributed by atoms with van der Waals surface area (Å²) < 4.78 is 25.2. The van der Waals surface area contributed by atoms with E-state index >= 15 is 0 Å². The summed E-state index contributed by atoms with van der Waals surface area (Å²) in [6, 6.07) is 3.17. The van der Waals surface area contributed by atoms with Crippen molar-refractivity contribution in [2.24, 2.45) is 0 Å². The third-order valence-electron chi connectivity index (χ3n) is 1.69. The van der Waals surface area contributed by atoms with Crippen LogP contribution in [0.25, 0.3) is 5.57 Å². The smallest absolute Gasteiger partial charge is 0.307 e. The molecule has 0 aliphatic rings. The molecule has 0 bridgehead atoms. The molecule has 0 aliphatic carbocycles. The summed E-state index contributed by atoms with van der Waals surface area (Å²) in [7, 11) is 0. The van der Waals surface area contributed by atoms with Gasteiger partial charge in [0.25, 0.3) is 0 Å². The molecule has 0 saturated carbocycles. The zero-order valence-electron chi connectivity index (χ0n) is 7.26. The van der Waals surface area contributed by atoms with E-state index in [4.69, 9.17) is 5.11 Å². The molecule has 1 N–H and O–H groups in total. The zero-order valence-corrected chi connectivity index (χ0v) is 7.26. The van der Waals surface area contributed by atoms with Crippen molar-refractivity contribution >= 4 is 11.5 Å². The lowest BCUT2D eigenvalue weighted by Crippen LogP contribution is -1.97. The maximum atomic E-state index is 12.7. The summed E-state index contributed by atoms with van der Waals surface area (Å²) in [6.07, 6.45) is -0.287. The number of carboxylic acid groups (broad SMARTS) is 1. The van der Waals surface area contributed by atoms with Crippen LogP contribution in [-0.2, 0) is 4.79 Å². The molecule has 1 aromatic carbocycles. The lowest BCUT2D eigenvalue weighted by molar-refractivity contribution is -0.135. The van der Waals surface area contributed by atoms with Crippen molar-refractivity contribution in [3.63, 3.8) is 0 Å². The van der Waals surface area contributed by atoms with Crippen LogP contribution in [0.1, 0.15) is 12.0 Å². The second-order valence-electron chi connectivity index (χ2n) is 2.80. The summed E-state index contributed by atoms with van der Waals surface area (Å²) >= 11 is 0. The molecular weight excluding hydrogens is 190 g/mol. The van der Waals surface area contributed by atoms with Gasteiger partial charge in [0.15, 0.2) is 11.6 Å².